The van der Waals surface area contributed by atoms with Crippen molar-refractivity contribution in [2.45, 2.75) is 0 Å². The van der Waals surface area contributed by atoms with Crippen molar-refractivity contribution in [2.24, 2.45) is 0 Å². The Labute approximate surface area is 55.4 Å². The molecular weight excluding hydrogens is 278 g/mol. The largest absolute Gasteiger partial charge is 0.344 e. The van der Waals surface area contributed by atoms with Crippen molar-refractivity contribution < 1.29 is 0 Å². The summed E-state index contributed by atoms with van der Waals surface area (Å²) in [4.78, 5) is 0. The second kappa shape index (κ2) is 4.39. The van der Waals surface area contributed by atoms with Gasteiger partial charge in [0.1, 0.15) is 0 Å². The molecule has 0 saturated carbocycles. The monoisotopic (exact) mass is 287 g/mol. The molecule has 1 aliphatic heterocycles. The van der Waals surface area contributed by atoms with Gasteiger partial charge in [0.05, 0.1) is 0 Å². The molecule has 36 valence electrons. The maximum atomic E-state index is 2.33. The Bertz CT molecular complexity index is 77.5. The van der Waals surface area contributed by atoms with Gasteiger partial charge in [-0.1, -0.05) is 0 Å². The summed E-state index contributed by atoms with van der Waals surface area (Å²) in [6.45, 7) is 0. The molecule has 0 amide bonds. The second-order valence-corrected chi connectivity index (χ2v) is 5.64. The van der Waals surface area contributed by atoms with Crippen LogP contribution in [0.25, 0.3) is 0 Å². The van der Waals surface area contributed by atoms with E-state index in [0.717, 1.165) is 0 Å². The van der Waals surface area contributed by atoms with Crippen LogP contribution in [0.1, 0.15) is 0 Å². The summed E-state index contributed by atoms with van der Waals surface area (Å²) < 4.78 is 4.67. The zero-order valence-corrected chi connectivity index (χ0v) is 8.66. The summed E-state index contributed by atoms with van der Waals surface area (Å²) >= 11 is -0.380. The van der Waals surface area contributed by atoms with Crippen LogP contribution in [-0.2, 0) is 0 Å². The average molecular weight is 287 g/mol. The normalized spacial score (nSPS) is 12.6. The van der Waals surface area contributed by atoms with Crippen LogP contribution in [-0.4, -0.2) is 27.3 Å². The summed E-state index contributed by atoms with van der Waals surface area (Å²) in [7, 11) is 0. The Morgan fingerprint density at radius 3 is 2.00 bits per heavy atom. The topological polar surface area (TPSA) is 35.0 Å². The molecule has 0 aromatic heterocycles. The van der Waals surface area contributed by atoms with E-state index in [9.17, 15) is 0 Å². The summed E-state index contributed by atoms with van der Waals surface area (Å²) in [6, 6.07) is 0. The maximum Gasteiger partial charge on any atom is -0.344 e. The van der Waals surface area contributed by atoms with Gasteiger partial charge in [-0.05, 0) is 0 Å². The molecule has 1 aliphatic rings. The SMILES string of the molecule is C1=C[CH]=[Tl][CH]=C1.N. The van der Waals surface area contributed by atoms with E-state index in [1.807, 2.05) is 0 Å². The summed E-state index contributed by atoms with van der Waals surface area (Å²) in [5.41, 5.74) is 0. The Balaban J connectivity index is 0.000000360. The van der Waals surface area contributed by atoms with Crippen LogP contribution in [0.2, 0.25) is 0 Å². The quantitative estimate of drug-likeness (QED) is 0.655. The zero-order chi connectivity index (χ0) is 4.24. The van der Waals surface area contributed by atoms with Crippen LogP contribution in [0, 0.1) is 0 Å². The number of allylic oxidation sites excluding steroid dienone is 3. The number of hydrogen-bond donors (Lipinski definition) is 1. The van der Waals surface area contributed by atoms with Crippen LogP contribution >= 0.6 is 0 Å². The third kappa shape index (κ3) is 2.87. The van der Waals surface area contributed by atoms with Crippen molar-refractivity contribution in [3.05, 3.63) is 21.9 Å². The second-order valence-electron chi connectivity index (χ2n) is 1.15. The maximum absolute atomic E-state index is 2.33. The first-order valence-corrected chi connectivity index (χ1v) is 7.18. The molecule has 3 N–H and O–H groups in total. The van der Waals surface area contributed by atoms with E-state index in [-0.39, 0.29) is 29.9 Å². The van der Waals surface area contributed by atoms with E-state index < -0.39 is 0 Å². The van der Waals surface area contributed by atoms with Gasteiger partial charge >= 0.3 is 49.2 Å². The molecule has 0 aromatic rings. The predicted molar refractivity (Wildman–Crippen MR) is 35.1 cm³/mol. The van der Waals surface area contributed by atoms with Crippen molar-refractivity contribution in [3.63, 3.8) is 0 Å². The molecule has 0 fully saturated rings. The Morgan fingerprint density at radius 2 is 1.86 bits per heavy atom. The first kappa shape index (κ1) is 7.23. The van der Waals surface area contributed by atoms with E-state index in [0.29, 0.717) is 0 Å². The van der Waals surface area contributed by atoms with Gasteiger partial charge in [0.15, 0.2) is 0 Å². The first-order chi connectivity index (χ1) is 3.00. The fraction of sp³-hybridized carbons (Fsp3) is 0. The fourth-order valence-corrected chi connectivity index (χ4v) is 2.88. The summed E-state index contributed by atoms with van der Waals surface area (Å²) in [5, 5.41) is 0. The van der Waals surface area contributed by atoms with Gasteiger partial charge in [-0.15, -0.1) is 0 Å². The van der Waals surface area contributed by atoms with Crippen LogP contribution in [0.4, 0.5) is 0 Å². The Kier molecular flexibility index (Phi) is 4.54. The molecule has 1 rings (SSSR count). The van der Waals surface area contributed by atoms with E-state index in [1.54, 1.807) is 0 Å². The van der Waals surface area contributed by atoms with E-state index in [4.69, 9.17) is 0 Å². The molecule has 1 heterocycles. The predicted octanol–water partition coefficient (Wildman–Crippen LogP) is 0.738. The molecule has 0 saturated heterocycles. The van der Waals surface area contributed by atoms with Gasteiger partial charge in [-0.3, -0.25) is 0 Å². The molecule has 0 radical (unpaired) electrons. The van der Waals surface area contributed by atoms with Gasteiger partial charge in [-0.2, -0.15) is 0 Å². The third-order valence-electron chi connectivity index (χ3n) is 0.667. The molecule has 0 atom stereocenters. The van der Waals surface area contributed by atoms with E-state index >= 15 is 0 Å². The van der Waals surface area contributed by atoms with Crippen LogP contribution in [0.15, 0.2) is 21.9 Å². The molecule has 0 bridgehead atoms. The van der Waals surface area contributed by atoms with Crippen LogP contribution in [0.5, 0.6) is 0 Å². The van der Waals surface area contributed by atoms with Crippen molar-refractivity contribution in [2.75, 3.05) is 0 Å². The molecular formula is C5H8NTl. The molecule has 0 aliphatic carbocycles. The molecule has 0 spiro atoms. The summed E-state index contributed by atoms with van der Waals surface area (Å²) in [6.07, 6.45) is 6.38. The van der Waals surface area contributed by atoms with Crippen molar-refractivity contribution in [1.82, 2.24) is 6.15 Å². The minimum atomic E-state index is -0.380. The van der Waals surface area contributed by atoms with Gasteiger partial charge in [0.2, 0.25) is 0 Å². The molecule has 0 aromatic carbocycles. The smallest absolute Gasteiger partial charge is 0.344 e. The van der Waals surface area contributed by atoms with Gasteiger partial charge in [0.25, 0.3) is 0 Å². The van der Waals surface area contributed by atoms with Crippen molar-refractivity contribution in [3.8, 4) is 0 Å². The molecule has 7 heavy (non-hydrogen) atoms. The zero-order valence-electron chi connectivity index (χ0n) is 4.17. The van der Waals surface area contributed by atoms with Crippen molar-refractivity contribution in [1.29, 1.82) is 0 Å². The minimum Gasteiger partial charge on any atom is -0.344 e. The van der Waals surface area contributed by atoms with Crippen LogP contribution in [0.3, 0.4) is 0 Å². The average Bonchev–Trinajstić information content (AvgIpc) is 1.72. The molecule has 0 unspecified atom stereocenters. The van der Waals surface area contributed by atoms with Gasteiger partial charge in [0, 0.05) is 0 Å². The molecule has 1 nitrogen and oxygen atoms in total. The van der Waals surface area contributed by atoms with Crippen LogP contribution < -0.4 is 6.15 Å². The Hall–Kier alpha value is 0.232. The third-order valence-corrected chi connectivity index (χ3v) is 4.12. The number of hydrogen-bond acceptors (Lipinski definition) is 1. The van der Waals surface area contributed by atoms with Gasteiger partial charge in [-0.25, -0.2) is 0 Å². The Morgan fingerprint density at radius 1 is 1.00 bits per heavy atom. The fourth-order valence-electron chi connectivity index (χ4n) is 0.385. The number of rotatable bonds is 0. The van der Waals surface area contributed by atoms with E-state index in [2.05, 4.69) is 25.4 Å². The molecule has 2 heteroatoms. The standard InChI is InChI=1S/C5H5.H3N.Tl/c1-3-5-4-2;;/h1-5H;1H3;. The first-order valence-electron chi connectivity index (χ1n) is 2.00. The summed E-state index contributed by atoms with van der Waals surface area (Å²) in [5.74, 6) is 0. The van der Waals surface area contributed by atoms with E-state index in [1.165, 1.54) is 0 Å². The van der Waals surface area contributed by atoms with Crippen molar-refractivity contribution >= 4 is 27.3 Å². The minimum absolute atomic E-state index is 0. The van der Waals surface area contributed by atoms with Gasteiger partial charge < -0.3 is 6.15 Å².